The highest BCUT2D eigenvalue weighted by Gasteiger charge is 2.49. The van der Waals surface area contributed by atoms with Gasteiger partial charge in [-0.15, -0.1) is 0 Å². The zero-order valence-electron chi connectivity index (χ0n) is 15.1. The predicted molar refractivity (Wildman–Crippen MR) is 94.2 cm³/mol. The van der Waals surface area contributed by atoms with E-state index in [9.17, 15) is 4.79 Å². The predicted octanol–water partition coefficient (Wildman–Crippen LogP) is 1.97. The molecule has 4 rings (SSSR count). The number of hydrogen-bond donors (Lipinski definition) is 0. The van der Waals surface area contributed by atoms with E-state index in [1.807, 2.05) is 12.0 Å². The van der Waals surface area contributed by atoms with Gasteiger partial charge in [0.25, 0.3) is 5.91 Å². The standard InChI is InChI=1S/C19H28N4O2/c1-25-14-17-4-6-19(23(17)13-15-2-3-15)7-10-22(11-8-19)18(24)16-5-9-20-21-12-16/h5,9,12,15,17H,2-4,6-8,10-11,13-14H2,1H3. The second-order valence-corrected chi connectivity index (χ2v) is 7.89. The van der Waals surface area contributed by atoms with Crippen LogP contribution >= 0.6 is 0 Å². The zero-order valence-corrected chi connectivity index (χ0v) is 15.1. The third-order valence-electron chi connectivity index (χ3n) is 6.32. The average molecular weight is 344 g/mol. The summed E-state index contributed by atoms with van der Waals surface area (Å²) in [4.78, 5) is 17.4. The average Bonchev–Trinajstić information content (AvgIpc) is 3.43. The molecule has 1 aromatic heterocycles. The summed E-state index contributed by atoms with van der Waals surface area (Å²) in [6, 6.07) is 2.31. The molecular weight excluding hydrogens is 316 g/mol. The second kappa shape index (κ2) is 7.00. The maximum atomic E-state index is 12.7. The van der Waals surface area contributed by atoms with Crippen LogP contribution in [0.1, 0.15) is 48.9 Å². The highest BCUT2D eigenvalue weighted by Crippen LogP contribution is 2.44. The lowest BCUT2D eigenvalue weighted by Crippen LogP contribution is -2.56. The summed E-state index contributed by atoms with van der Waals surface area (Å²) in [5.41, 5.74) is 0.920. The Morgan fingerprint density at radius 3 is 2.68 bits per heavy atom. The fourth-order valence-electron chi connectivity index (χ4n) is 4.67. The van der Waals surface area contributed by atoms with Crippen molar-refractivity contribution in [3.63, 3.8) is 0 Å². The van der Waals surface area contributed by atoms with Crippen LogP contribution in [0.25, 0.3) is 0 Å². The fourth-order valence-corrected chi connectivity index (χ4v) is 4.67. The summed E-state index contributed by atoms with van der Waals surface area (Å²) in [7, 11) is 1.81. The van der Waals surface area contributed by atoms with Crippen LogP contribution in [0.4, 0.5) is 0 Å². The summed E-state index contributed by atoms with van der Waals surface area (Å²) < 4.78 is 5.49. The molecule has 0 bridgehead atoms. The van der Waals surface area contributed by atoms with Crippen molar-refractivity contribution in [1.82, 2.24) is 20.0 Å². The minimum Gasteiger partial charge on any atom is -0.383 e. The Morgan fingerprint density at radius 1 is 1.24 bits per heavy atom. The van der Waals surface area contributed by atoms with Crippen LogP contribution in [0.15, 0.2) is 18.5 Å². The van der Waals surface area contributed by atoms with Gasteiger partial charge in [-0.25, -0.2) is 0 Å². The zero-order chi connectivity index (χ0) is 17.3. The van der Waals surface area contributed by atoms with Crippen molar-refractivity contribution in [2.45, 2.75) is 50.1 Å². The molecule has 3 fully saturated rings. The van der Waals surface area contributed by atoms with Gasteiger partial charge in [-0.1, -0.05) is 0 Å². The number of hydrogen-bond acceptors (Lipinski definition) is 5. The Balaban J connectivity index is 1.43. The number of rotatable bonds is 5. The van der Waals surface area contributed by atoms with Crippen LogP contribution in [0.3, 0.4) is 0 Å². The summed E-state index contributed by atoms with van der Waals surface area (Å²) in [6.45, 7) is 3.72. The van der Waals surface area contributed by atoms with Crippen molar-refractivity contribution in [3.8, 4) is 0 Å². The Hall–Kier alpha value is -1.53. The third kappa shape index (κ3) is 3.42. The summed E-state index contributed by atoms with van der Waals surface area (Å²) in [5, 5.41) is 7.59. The Bertz CT molecular complexity index is 597. The lowest BCUT2D eigenvalue weighted by molar-refractivity contribution is 0.00910. The van der Waals surface area contributed by atoms with Gasteiger partial charge in [0, 0.05) is 38.3 Å². The lowest BCUT2D eigenvalue weighted by Gasteiger charge is -2.46. The van der Waals surface area contributed by atoms with Crippen molar-refractivity contribution >= 4 is 5.91 Å². The van der Waals surface area contributed by atoms with Crippen molar-refractivity contribution in [1.29, 1.82) is 0 Å². The molecule has 0 aromatic carbocycles. The van der Waals surface area contributed by atoms with Gasteiger partial charge in [0.05, 0.1) is 24.6 Å². The first-order valence-corrected chi connectivity index (χ1v) is 9.53. The van der Waals surface area contributed by atoms with Gasteiger partial charge in [-0.2, -0.15) is 10.2 Å². The molecule has 1 amide bonds. The van der Waals surface area contributed by atoms with Gasteiger partial charge < -0.3 is 9.64 Å². The molecule has 6 heteroatoms. The summed E-state index contributed by atoms with van der Waals surface area (Å²) in [5.74, 6) is 0.974. The number of carbonyl (C=O) groups excluding carboxylic acids is 1. The van der Waals surface area contributed by atoms with E-state index in [1.54, 1.807) is 18.5 Å². The van der Waals surface area contributed by atoms with E-state index in [2.05, 4.69) is 15.1 Å². The van der Waals surface area contributed by atoms with Crippen molar-refractivity contribution in [2.24, 2.45) is 5.92 Å². The Kier molecular flexibility index (Phi) is 4.73. The van der Waals surface area contributed by atoms with Gasteiger partial charge in [0.1, 0.15) is 0 Å². The molecule has 1 unspecified atom stereocenters. The first kappa shape index (κ1) is 16.9. The number of nitrogens with zero attached hydrogens (tertiary/aromatic N) is 4. The molecule has 0 N–H and O–H groups in total. The Morgan fingerprint density at radius 2 is 2.04 bits per heavy atom. The largest absolute Gasteiger partial charge is 0.383 e. The number of likely N-dealkylation sites (tertiary alicyclic amines) is 2. The molecule has 3 aliphatic rings. The number of piperidine rings is 1. The minimum atomic E-state index is 0.0879. The van der Waals surface area contributed by atoms with Crippen LogP contribution in [-0.4, -0.2) is 70.8 Å². The van der Waals surface area contributed by atoms with Gasteiger partial charge in [-0.05, 0) is 50.5 Å². The van der Waals surface area contributed by atoms with Gasteiger partial charge in [-0.3, -0.25) is 9.69 Å². The van der Waals surface area contributed by atoms with Crippen LogP contribution in [0.2, 0.25) is 0 Å². The number of methoxy groups -OCH3 is 1. The number of ether oxygens (including phenoxy) is 1. The highest BCUT2D eigenvalue weighted by molar-refractivity contribution is 5.93. The van der Waals surface area contributed by atoms with Gasteiger partial charge in [0.15, 0.2) is 0 Å². The molecule has 3 heterocycles. The molecule has 2 aliphatic heterocycles. The van der Waals surface area contributed by atoms with Crippen molar-refractivity contribution < 1.29 is 9.53 Å². The molecule has 25 heavy (non-hydrogen) atoms. The van der Waals surface area contributed by atoms with Crippen LogP contribution in [0.5, 0.6) is 0 Å². The van der Waals surface area contributed by atoms with E-state index in [4.69, 9.17) is 4.74 Å². The monoisotopic (exact) mass is 344 g/mol. The SMILES string of the molecule is COCC1CCC2(CCN(C(=O)c3ccnnc3)CC2)N1CC1CC1. The Labute approximate surface area is 149 Å². The molecule has 0 radical (unpaired) electrons. The first-order valence-electron chi connectivity index (χ1n) is 9.53. The maximum Gasteiger partial charge on any atom is 0.255 e. The van der Waals surface area contributed by atoms with E-state index in [1.165, 1.54) is 32.2 Å². The van der Waals surface area contributed by atoms with E-state index in [0.29, 0.717) is 11.6 Å². The number of amides is 1. The van der Waals surface area contributed by atoms with E-state index >= 15 is 0 Å². The lowest BCUT2D eigenvalue weighted by atomic mass is 9.84. The fraction of sp³-hybridized carbons (Fsp3) is 0.737. The molecular formula is C19H28N4O2. The van der Waals surface area contributed by atoms with E-state index < -0.39 is 0 Å². The molecule has 1 spiro atoms. The van der Waals surface area contributed by atoms with Crippen molar-refractivity contribution in [3.05, 3.63) is 24.0 Å². The molecule has 1 atom stereocenters. The smallest absolute Gasteiger partial charge is 0.255 e. The number of aromatic nitrogens is 2. The van der Waals surface area contributed by atoms with Gasteiger partial charge >= 0.3 is 0 Å². The summed E-state index contributed by atoms with van der Waals surface area (Å²) >= 11 is 0. The van der Waals surface area contributed by atoms with Crippen LogP contribution < -0.4 is 0 Å². The first-order chi connectivity index (χ1) is 12.2. The minimum absolute atomic E-state index is 0.0879. The normalized spacial score (nSPS) is 26.3. The molecule has 1 saturated carbocycles. The maximum absolute atomic E-state index is 12.7. The van der Waals surface area contributed by atoms with Crippen LogP contribution in [-0.2, 0) is 4.74 Å². The topological polar surface area (TPSA) is 58.6 Å². The number of carbonyl (C=O) groups is 1. The highest BCUT2D eigenvalue weighted by atomic mass is 16.5. The second-order valence-electron chi connectivity index (χ2n) is 7.89. The van der Waals surface area contributed by atoms with E-state index in [0.717, 1.165) is 38.5 Å². The third-order valence-corrected chi connectivity index (χ3v) is 6.32. The molecule has 1 aliphatic carbocycles. The van der Waals surface area contributed by atoms with Crippen LogP contribution in [0, 0.1) is 5.92 Å². The van der Waals surface area contributed by atoms with Gasteiger partial charge in [0.2, 0.25) is 0 Å². The molecule has 6 nitrogen and oxygen atoms in total. The molecule has 2 saturated heterocycles. The molecule has 136 valence electrons. The van der Waals surface area contributed by atoms with Crippen molar-refractivity contribution in [2.75, 3.05) is 33.4 Å². The quantitative estimate of drug-likeness (QED) is 0.817. The van der Waals surface area contributed by atoms with E-state index in [-0.39, 0.29) is 11.4 Å². The molecule has 1 aromatic rings. The summed E-state index contributed by atoms with van der Waals surface area (Å²) in [6.07, 6.45) is 10.5.